The smallest absolute Gasteiger partial charge is 0.344 e. The van der Waals surface area contributed by atoms with Gasteiger partial charge in [-0.2, -0.15) is 0 Å². The Bertz CT molecular complexity index is 399. The molecule has 0 aliphatic heterocycles. The Balaban J connectivity index is 2.95. The Labute approximate surface area is 92.6 Å². The van der Waals surface area contributed by atoms with Crippen molar-refractivity contribution in [2.75, 3.05) is 7.11 Å². The number of carboxylic acids is 1. The van der Waals surface area contributed by atoms with Crippen LogP contribution < -0.4 is 9.47 Å². The maximum Gasteiger partial charge on any atom is 0.344 e. The number of aliphatic carboxylic acids is 1. The number of hydrogen-bond acceptors (Lipinski definition) is 4. The number of carbonyl (C=O) groups is 2. The first-order chi connectivity index (χ1) is 7.58. The lowest BCUT2D eigenvalue weighted by molar-refractivity contribution is -0.144. The van der Waals surface area contributed by atoms with Gasteiger partial charge in [0.1, 0.15) is 11.5 Å². The number of carboxylic acid groups (broad SMARTS) is 1. The largest absolute Gasteiger partial charge is 0.497 e. The molecule has 5 nitrogen and oxygen atoms in total. The Morgan fingerprint density at radius 1 is 1.50 bits per heavy atom. The van der Waals surface area contributed by atoms with E-state index in [9.17, 15) is 9.59 Å². The van der Waals surface area contributed by atoms with Gasteiger partial charge in [0.15, 0.2) is 12.4 Å². The van der Waals surface area contributed by atoms with Gasteiger partial charge < -0.3 is 14.6 Å². The minimum absolute atomic E-state index is 0.228. The van der Waals surface area contributed by atoms with Gasteiger partial charge in [-0.15, -0.1) is 0 Å². The van der Waals surface area contributed by atoms with Gasteiger partial charge in [0.05, 0.1) is 12.7 Å². The Kier molecular flexibility index (Phi) is 3.88. The van der Waals surface area contributed by atoms with Crippen molar-refractivity contribution in [3.63, 3.8) is 0 Å². The van der Waals surface area contributed by atoms with Crippen molar-refractivity contribution in [3.8, 4) is 11.5 Å². The van der Waals surface area contributed by atoms with Crippen molar-refractivity contribution in [2.45, 2.75) is 13.0 Å². The molecule has 16 heavy (non-hydrogen) atoms. The summed E-state index contributed by atoms with van der Waals surface area (Å²) in [5.74, 6) is -0.351. The summed E-state index contributed by atoms with van der Waals surface area (Å²) in [6, 6.07) is 4.58. The summed E-state index contributed by atoms with van der Waals surface area (Å²) in [7, 11) is 1.48. The molecule has 1 atom stereocenters. The first kappa shape index (κ1) is 12.0. The number of hydrogen-bond donors (Lipinski definition) is 1. The van der Waals surface area contributed by atoms with Gasteiger partial charge in [0.25, 0.3) is 0 Å². The molecule has 1 aromatic rings. The summed E-state index contributed by atoms with van der Waals surface area (Å²) in [4.78, 5) is 21.4. The SMILES string of the molecule is COc1ccc(OC(C)C(=O)O)c(C=O)c1. The third kappa shape index (κ3) is 2.73. The number of benzene rings is 1. The quantitative estimate of drug-likeness (QED) is 0.764. The molecule has 0 saturated heterocycles. The van der Waals surface area contributed by atoms with Gasteiger partial charge in [0, 0.05) is 0 Å². The average Bonchev–Trinajstić information content (AvgIpc) is 2.29. The minimum Gasteiger partial charge on any atom is -0.497 e. The van der Waals surface area contributed by atoms with Gasteiger partial charge in [-0.05, 0) is 25.1 Å². The Morgan fingerprint density at radius 2 is 2.19 bits per heavy atom. The van der Waals surface area contributed by atoms with Crippen LogP contribution >= 0.6 is 0 Å². The maximum absolute atomic E-state index is 10.8. The Morgan fingerprint density at radius 3 is 2.69 bits per heavy atom. The topological polar surface area (TPSA) is 72.8 Å². The molecule has 0 fully saturated rings. The predicted molar refractivity (Wildman–Crippen MR) is 56.1 cm³/mol. The molecule has 5 heteroatoms. The highest BCUT2D eigenvalue weighted by molar-refractivity contribution is 5.80. The second-order valence-electron chi connectivity index (χ2n) is 3.12. The van der Waals surface area contributed by atoms with E-state index >= 15 is 0 Å². The van der Waals surface area contributed by atoms with E-state index in [0.29, 0.717) is 12.0 Å². The highest BCUT2D eigenvalue weighted by Crippen LogP contribution is 2.23. The number of aldehydes is 1. The van der Waals surface area contributed by atoms with Crippen LogP contribution in [0.2, 0.25) is 0 Å². The third-order valence-electron chi connectivity index (χ3n) is 2.00. The van der Waals surface area contributed by atoms with E-state index in [1.54, 1.807) is 6.07 Å². The van der Waals surface area contributed by atoms with E-state index in [4.69, 9.17) is 14.6 Å². The molecule has 0 radical (unpaired) electrons. The summed E-state index contributed by atoms with van der Waals surface area (Å²) in [5, 5.41) is 8.67. The fourth-order valence-corrected chi connectivity index (χ4v) is 1.09. The molecule has 0 aliphatic carbocycles. The van der Waals surface area contributed by atoms with Crippen LogP contribution in [0.25, 0.3) is 0 Å². The van der Waals surface area contributed by atoms with Gasteiger partial charge in [-0.1, -0.05) is 0 Å². The average molecular weight is 224 g/mol. The predicted octanol–water partition coefficient (Wildman–Crippen LogP) is 1.36. The molecule has 1 aromatic carbocycles. The van der Waals surface area contributed by atoms with E-state index in [-0.39, 0.29) is 11.3 Å². The van der Waals surface area contributed by atoms with Crippen molar-refractivity contribution < 1.29 is 24.2 Å². The number of carbonyl (C=O) groups excluding carboxylic acids is 1. The van der Waals surface area contributed by atoms with Gasteiger partial charge in [0.2, 0.25) is 0 Å². The van der Waals surface area contributed by atoms with E-state index < -0.39 is 12.1 Å². The van der Waals surface area contributed by atoms with E-state index in [1.165, 1.54) is 26.2 Å². The third-order valence-corrected chi connectivity index (χ3v) is 2.00. The zero-order chi connectivity index (χ0) is 12.1. The molecule has 1 N–H and O–H groups in total. The van der Waals surface area contributed by atoms with Crippen molar-refractivity contribution in [1.82, 2.24) is 0 Å². The number of methoxy groups -OCH3 is 1. The highest BCUT2D eigenvalue weighted by atomic mass is 16.5. The molecule has 0 bridgehead atoms. The lowest BCUT2D eigenvalue weighted by atomic mass is 10.2. The first-order valence-electron chi connectivity index (χ1n) is 4.61. The molecule has 0 heterocycles. The molecule has 0 saturated carbocycles. The molecular weight excluding hydrogens is 212 g/mol. The van der Waals surface area contributed by atoms with E-state index in [0.717, 1.165) is 0 Å². The number of ether oxygens (including phenoxy) is 2. The molecular formula is C11H12O5. The van der Waals surface area contributed by atoms with Crippen LogP contribution in [0.15, 0.2) is 18.2 Å². The second-order valence-corrected chi connectivity index (χ2v) is 3.12. The molecule has 0 aromatic heterocycles. The van der Waals surface area contributed by atoms with Crippen molar-refractivity contribution in [3.05, 3.63) is 23.8 Å². The second kappa shape index (κ2) is 5.16. The van der Waals surface area contributed by atoms with Crippen molar-refractivity contribution in [1.29, 1.82) is 0 Å². The van der Waals surface area contributed by atoms with Crippen LogP contribution in [0.4, 0.5) is 0 Å². The summed E-state index contributed by atoms with van der Waals surface area (Å²) in [6.07, 6.45) is -0.418. The first-order valence-corrected chi connectivity index (χ1v) is 4.61. The lowest BCUT2D eigenvalue weighted by Gasteiger charge is -2.12. The standard InChI is InChI=1S/C11H12O5/c1-7(11(13)14)16-10-4-3-9(15-2)5-8(10)6-12/h3-7H,1-2H3,(H,13,14). The minimum atomic E-state index is -1.09. The molecule has 1 rings (SSSR count). The van der Waals surface area contributed by atoms with Crippen LogP contribution in [0.1, 0.15) is 17.3 Å². The summed E-state index contributed by atoms with van der Waals surface area (Å²) < 4.78 is 10.0. The van der Waals surface area contributed by atoms with Crippen LogP contribution in [0.3, 0.4) is 0 Å². The van der Waals surface area contributed by atoms with Gasteiger partial charge in [-0.3, -0.25) is 4.79 Å². The zero-order valence-electron chi connectivity index (χ0n) is 8.97. The van der Waals surface area contributed by atoms with E-state index in [2.05, 4.69) is 0 Å². The lowest BCUT2D eigenvalue weighted by Crippen LogP contribution is -2.23. The molecule has 0 aliphatic rings. The summed E-state index contributed by atoms with van der Waals surface area (Å²) in [5.41, 5.74) is 0.257. The maximum atomic E-state index is 10.8. The zero-order valence-corrected chi connectivity index (χ0v) is 8.97. The van der Waals surface area contributed by atoms with Crippen LogP contribution in [0.5, 0.6) is 11.5 Å². The summed E-state index contributed by atoms with van der Waals surface area (Å²) in [6.45, 7) is 1.39. The fraction of sp³-hybridized carbons (Fsp3) is 0.273. The van der Waals surface area contributed by atoms with Crippen LogP contribution in [0, 0.1) is 0 Å². The molecule has 0 spiro atoms. The van der Waals surface area contributed by atoms with Crippen LogP contribution in [-0.4, -0.2) is 30.6 Å². The molecule has 1 unspecified atom stereocenters. The van der Waals surface area contributed by atoms with E-state index in [1.807, 2.05) is 0 Å². The molecule has 0 amide bonds. The fourth-order valence-electron chi connectivity index (χ4n) is 1.09. The van der Waals surface area contributed by atoms with Crippen LogP contribution in [-0.2, 0) is 4.79 Å². The highest BCUT2D eigenvalue weighted by Gasteiger charge is 2.14. The van der Waals surface area contributed by atoms with Gasteiger partial charge >= 0.3 is 5.97 Å². The van der Waals surface area contributed by atoms with Crippen molar-refractivity contribution in [2.24, 2.45) is 0 Å². The molecule has 86 valence electrons. The monoisotopic (exact) mass is 224 g/mol. The van der Waals surface area contributed by atoms with Gasteiger partial charge in [-0.25, -0.2) is 4.79 Å². The Hall–Kier alpha value is -2.04. The number of rotatable bonds is 5. The normalized spacial score (nSPS) is 11.6. The van der Waals surface area contributed by atoms with Crippen molar-refractivity contribution >= 4 is 12.3 Å². The summed E-state index contributed by atoms with van der Waals surface area (Å²) >= 11 is 0.